The molecule has 5 fully saturated rings. The molecule has 15 rings (SSSR count). The zero-order chi connectivity index (χ0) is 72.4. The average Bonchev–Trinajstić information content (AvgIpc) is 0.789. The number of cyclic esters (lactones) is 1. The van der Waals surface area contributed by atoms with E-state index in [0.29, 0.717) is 32.9 Å². The van der Waals surface area contributed by atoms with Crippen molar-refractivity contribution in [1.82, 2.24) is 30.7 Å². The molecule has 0 bridgehead atoms. The summed E-state index contributed by atoms with van der Waals surface area (Å²) >= 11 is 5.09. The zero-order valence-electron chi connectivity index (χ0n) is 53.8. The van der Waals surface area contributed by atoms with Gasteiger partial charge < -0.3 is 63.9 Å². The van der Waals surface area contributed by atoms with Gasteiger partial charge in [0.25, 0.3) is 10.2 Å². The maximum Gasteiger partial charge on any atom is 0.509 e. The van der Waals surface area contributed by atoms with Crippen LogP contribution in [0.5, 0.6) is 0 Å². The highest BCUT2D eigenvalue weighted by Crippen LogP contribution is 2.40. The van der Waals surface area contributed by atoms with Crippen molar-refractivity contribution >= 4 is 69.6 Å². The van der Waals surface area contributed by atoms with Crippen LogP contribution in [0.1, 0.15) is 72.5 Å². The van der Waals surface area contributed by atoms with Crippen LogP contribution in [0, 0.1) is 0 Å². The van der Waals surface area contributed by atoms with Crippen molar-refractivity contribution in [3.63, 3.8) is 0 Å². The number of fused-ring (bicyclic) bond motifs is 5. The minimum absolute atomic E-state index is 0.298. The Hall–Kier alpha value is -10.2. The zero-order valence-corrected chi connectivity index (χ0v) is 55.4. The lowest BCUT2D eigenvalue weighted by atomic mass is 9.91. The Morgan fingerprint density at radius 2 is 0.725 bits per heavy atom. The van der Waals surface area contributed by atoms with Crippen LogP contribution in [-0.2, 0) is 76.8 Å². The molecule has 5 aromatic carbocycles. The SMILES string of the molecule is CC1(C)O[C@@H]([C@H](F)c2ccccc2)[C@@H]2OC(=O)C=C[C@@H]2O1.O=C1C=C[C@@H]2NC(=S)N[C@@H]([C@H](F)c3ccccc3)[C@@H]2O1.O=C1C=C[C@@H]2NS(=O)(=O)N[C@@H]([C@H](F)c3ccccc3)[C@@H]2O1.O=C1C=C[C@@H]2OC(=O)O[C@@H]([C@H](F)c3ccccc3)[C@@H]2O1.O=C1N[C@@H]([C@H](F)c2ccccc2)[C@@H]2OC(=O)C=C[C@@H]2N1. The third-order valence-electron chi connectivity index (χ3n) is 17.0. The van der Waals surface area contributed by atoms with Crippen LogP contribution in [0.3, 0.4) is 0 Å². The highest BCUT2D eigenvalue weighted by Gasteiger charge is 2.52. The number of hydrogen-bond acceptors (Lipinski definition) is 19. The van der Waals surface area contributed by atoms with Gasteiger partial charge in [-0.1, -0.05) is 170 Å². The Morgan fingerprint density at radius 1 is 0.373 bits per heavy atom. The molecule has 0 radical (unpaired) electrons. The van der Waals surface area contributed by atoms with Crippen LogP contribution in [0.25, 0.3) is 0 Å². The number of rotatable bonds is 10. The normalized spacial score (nSPS) is 30.7. The fourth-order valence-corrected chi connectivity index (χ4v) is 13.9. The summed E-state index contributed by atoms with van der Waals surface area (Å²) < 4.78 is 148. The maximum atomic E-state index is 14.9. The largest absolute Gasteiger partial charge is 0.509 e. The number of hydrogen-bond donors (Lipinski definition) is 6. The summed E-state index contributed by atoms with van der Waals surface area (Å²) in [6.07, 6.45) is -2.25. The van der Waals surface area contributed by atoms with Crippen LogP contribution >= 0.6 is 12.2 Å². The molecule has 10 aliphatic heterocycles. The van der Waals surface area contributed by atoms with Crippen LogP contribution < -0.4 is 30.7 Å². The second-order valence-electron chi connectivity index (χ2n) is 24.5. The quantitative estimate of drug-likeness (QED) is 0.0337. The van der Waals surface area contributed by atoms with E-state index in [1.54, 1.807) is 166 Å². The molecule has 5 saturated heterocycles. The monoisotopic (exact) mass is 1450 g/mol. The summed E-state index contributed by atoms with van der Waals surface area (Å²) in [5.41, 5.74) is 2.11. The van der Waals surface area contributed by atoms with Gasteiger partial charge in [-0.15, -0.1) is 0 Å². The molecule has 31 heteroatoms. The standard InChI is InChI=1S/C16H17FO4.C14H13FN2O3.C14H13FN2O2S.C14H11FO5.C13H13FN2O4S/c1-16(2)20-11-8-9-12(18)19-14(11)15(21-16)13(17)10-6-4-3-5-7-10;15-11(8-4-2-1-3-5-8)12-13-9(16-14(19)17-12)6-7-10(18)20-13;15-11(8-4-2-1-3-5-8)12-13-9(16-14(20)17-12)6-7-10(18)19-13;15-11(8-4-2-1-3-5-8)13-12-9(18-14(17)20-13)6-7-10(16)19-12;14-11(8-4-2-1-3-5-8)12-13-9(6-7-10(17)20-13)15-21(18,19)16-12/h3-9,11,13-15H,1-2H3;1-7,9,11-13H,(H2,16,17,19);1-7,9,11-13H,(H2,16,17,20);1-7,9,11-13H;1-7,9,11-13,15-16H/t11-,13+,14+,15-;2*9-,11+,12-,13+;9-,11+,12+,13-;9-,11+,12-,13+/m00000/s1. The first-order chi connectivity index (χ1) is 48.9. The molecule has 20 atom stereocenters. The number of halogens is 5. The molecular formula is C71H67F5N6O18S2. The third-order valence-corrected chi connectivity index (χ3v) is 18.4. The number of alkyl halides is 5. The maximum absolute atomic E-state index is 14.9. The third kappa shape index (κ3) is 17.9. The number of ether oxygens (including phenoxy) is 9. The minimum atomic E-state index is -3.86. The molecule has 10 heterocycles. The van der Waals surface area contributed by atoms with Crippen molar-refractivity contribution in [2.45, 2.75) is 142 Å². The number of amides is 2. The molecule has 6 N–H and O–H groups in total. The number of urea groups is 1. The predicted octanol–water partition coefficient (Wildman–Crippen LogP) is 7.76. The molecule has 10 aliphatic rings. The topological polar surface area (TPSA) is 309 Å². The highest BCUT2D eigenvalue weighted by molar-refractivity contribution is 7.87. The molecule has 24 nitrogen and oxygen atoms in total. The van der Waals surface area contributed by atoms with Crippen LogP contribution in [0.4, 0.5) is 31.5 Å². The molecule has 5 aromatic rings. The van der Waals surface area contributed by atoms with Gasteiger partial charge in [0.15, 0.2) is 47.7 Å². The summed E-state index contributed by atoms with van der Waals surface area (Å²) in [6.45, 7) is 3.44. The molecule has 0 aromatic heterocycles. The van der Waals surface area contributed by atoms with Crippen molar-refractivity contribution in [1.29, 1.82) is 0 Å². The first-order valence-corrected chi connectivity index (χ1v) is 33.8. The molecule has 0 spiro atoms. The molecule has 0 unspecified atom stereocenters. The van der Waals surface area contributed by atoms with Crippen LogP contribution in [-0.4, -0.2) is 153 Å². The van der Waals surface area contributed by atoms with Gasteiger partial charge >= 0.3 is 42.0 Å². The lowest BCUT2D eigenvalue weighted by Crippen LogP contribution is -2.65. The van der Waals surface area contributed by atoms with Crippen molar-refractivity contribution in [3.05, 3.63) is 240 Å². The summed E-state index contributed by atoms with van der Waals surface area (Å²) in [5.74, 6) is -3.68. The van der Waals surface area contributed by atoms with Crippen molar-refractivity contribution in [2.75, 3.05) is 0 Å². The van der Waals surface area contributed by atoms with Gasteiger partial charge in [-0.2, -0.15) is 17.9 Å². The van der Waals surface area contributed by atoms with Gasteiger partial charge in [0.05, 0.1) is 24.2 Å². The Labute approximate surface area is 586 Å². The number of thiocarbonyl (C=S) groups is 1. The van der Waals surface area contributed by atoms with E-state index in [1.165, 1.54) is 36.5 Å². The second kappa shape index (κ2) is 32.2. The Balaban J connectivity index is 0.000000128. The molecule has 2 amide bonds. The summed E-state index contributed by atoms with van der Waals surface area (Å²) in [4.78, 5) is 79.7. The van der Waals surface area contributed by atoms with E-state index in [2.05, 4.69) is 30.7 Å². The first-order valence-electron chi connectivity index (χ1n) is 31.9. The van der Waals surface area contributed by atoms with Gasteiger partial charge in [-0.25, -0.2) is 55.5 Å². The highest BCUT2D eigenvalue weighted by atomic mass is 32.2. The second-order valence-corrected chi connectivity index (χ2v) is 26.4. The number of carbonyl (C=O) groups is 7. The van der Waals surface area contributed by atoms with E-state index in [-0.39, 0.29) is 6.04 Å². The summed E-state index contributed by atoms with van der Waals surface area (Å²) in [5, 5.41) is 11.3. The van der Waals surface area contributed by atoms with E-state index in [1.807, 2.05) is 12.1 Å². The predicted molar refractivity (Wildman–Crippen MR) is 354 cm³/mol. The Bertz CT molecular complexity index is 3900. The molecule has 536 valence electrons. The molecular weight excluding hydrogens is 1380 g/mol. The Kier molecular flexibility index (Phi) is 23.1. The first kappa shape index (κ1) is 73.1. The molecule has 0 saturated carbocycles. The van der Waals surface area contributed by atoms with Crippen LogP contribution in [0.2, 0.25) is 0 Å². The van der Waals surface area contributed by atoms with Crippen molar-refractivity contribution < 1.29 is 107 Å². The van der Waals surface area contributed by atoms with Crippen LogP contribution in [0.15, 0.2) is 212 Å². The van der Waals surface area contributed by atoms with Crippen molar-refractivity contribution in [3.8, 4) is 0 Å². The number of esters is 5. The van der Waals surface area contributed by atoms with Gasteiger partial charge in [-0.05, 0) is 66.0 Å². The summed E-state index contributed by atoms with van der Waals surface area (Å²) in [7, 11) is -3.86. The average molecular weight is 1450 g/mol. The Morgan fingerprint density at radius 3 is 1.19 bits per heavy atom. The lowest BCUT2D eigenvalue weighted by Gasteiger charge is -2.46. The van der Waals surface area contributed by atoms with E-state index in [9.17, 15) is 63.9 Å². The molecule has 0 aliphatic carbocycles. The lowest BCUT2D eigenvalue weighted by molar-refractivity contribution is -0.334. The number of nitrogens with one attached hydrogen (secondary N) is 6. The smallest absolute Gasteiger partial charge is 0.455 e. The van der Waals surface area contributed by atoms with E-state index in [0.717, 1.165) is 12.2 Å². The van der Waals surface area contributed by atoms with Gasteiger partial charge in [0.2, 0.25) is 0 Å². The number of carbonyl (C=O) groups excluding carboxylic acids is 7. The van der Waals surface area contributed by atoms with Gasteiger partial charge in [0.1, 0.15) is 61.1 Å². The van der Waals surface area contributed by atoms with E-state index >= 15 is 0 Å². The van der Waals surface area contributed by atoms with Crippen molar-refractivity contribution in [2.24, 2.45) is 0 Å². The number of benzene rings is 5. The van der Waals surface area contributed by atoms with E-state index in [4.69, 9.17) is 54.8 Å². The fraction of sp³-hybridized carbons (Fsp3) is 0.324. The summed E-state index contributed by atoms with van der Waals surface area (Å²) in [6, 6.07) is 37.5. The minimum Gasteiger partial charge on any atom is -0.455 e. The fourth-order valence-electron chi connectivity index (χ4n) is 12.4. The molecule has 102 heavy (non-hydrogen) atoms. The van der Waals surface area contributed by atoms with Gasteiger partial charge in [-0.3, -0.25) is 0 Å². The van der Waals surface area contributed by atoms with E-state index < -0.39 is 174 Å². The van der Waals surface area contributed by atoms with Gasteiger partial charge in [0, 0.05) is 30.4 Å².